The van der Waals surface area contributed by atoms with Crippen molar-refractivity contribution in [1.82, 2.24) is 4.98 Å². The maximum Gasteiger partial charge on any atom is 0.281 e. The van der Waals surface area contributed by atoms with Crippen molar-refractivity contribution in [3.8, 4) is 6.07 Å². The van der Waals surface area contributed by atoms with Crippen LogP contribution in [0.5, 0.6) is 0 Å². The number of halogens is 1. The highest BCUT2D eigenvalue weighted by Gasteiger charge is 2.22. The molecular formula is C14H13FN4O2. The monoisotopic (exact) mass is 288 g/mol. The van der Waals surface area contributed by atoms with Crippen LogP contribution < -0.4 is 4.90 Å². The lowest BCUT2D eigenvalue weighted by molar-refractivity contribution is -0.383. The molecule has 1 aromatic carbocycles. The van der Waals surface area contributed by atoms with Gasteiger partial charge < -0.3 is 4.90 Å². The number of nitro groups is 1. The molecule has 0 aliphatic heterocycles. The Balaban J connectivity index is 2.65. The minimum atomic E-state index is -0.722. The van der Waals surface area contributed by atoms with Crippen LogP contribution in [0.3, 0.4) is 0 Å². The van der Waals surface area contributed by atoms with E-state index in [1.165, 1.54) is 12.3 Å². The van der Waals surface area contributed by atoms with Crippen molar-refractivity contribution < 1.29 is 9.31 Å². The van der Waals surface area contributed by atoms with E-state index < -0.39 is 10.7 Å². The first kappa shape index (κ1) is 14.7. The number of anilines is 1. The van der Waals surface area contributed by atoms with Crippen LogP contribution in [0.4, 0.5) is 15.8 Å². The summed E-state index contributed by atoms with van der Waals surface area (Å²) >= 11 is 0. The van der Waals surface area contributed by atoms with Gasteiger partial charge in [0.1, 0.15) is 5.52 Å². The summed E-state index contributed by atoms with van der Waals surface area (Å²) < 4.78 is 14.3. The number of fused-ring (bicyclic) bond motifs is 1. The van der Waals surface area contributed by atoms with Gasteiger partial charge in [0.25, 0.3) is 5.69 Å². The Labute approximate surface area is 120 Å². The number of nitrogens with zero attached hydrogens (tertiary/aromatic N) is 4. The standard InChI is InChI=1S/C14H13FN4O2/c1-9(7-16)8-18(2)14-11(15)6-12(19(20)21)10-4-3-5-17-13(10)14/h3-6,9H,8H2,1-2H3. The lowest BCUT2D eigenvalue weighted by Gasteiger charge is -2.22. The van der Waals surface area contributed by atoms with Gasteiger partial charge in [0.2, 0.25) is 0 Å². The van der Waals surface area contributed by atoms with Crippen LogP contribution in [0, 0.1) is 33.2 Å². The van der Waals surface area contributed by atoms with Crippen molar-refractivity contribution >= 4 is 22.3 Å². The molecule has 21 heavy (non-hydrogen) atoms. The quantitative estimate of drug-likeness (QED) is 0.638. The van der Waals surface area contributed by atoms with Crippen LogP contribution in [0.15, 0.2) is 24.4 Å². The second kappa shape index (κ2) is 5.71. The second-order valence-electron chi connectivity index (χ2n) is 4.79. The molecule has 1 atom stereocenters. The molecule has 6 nitrogen and oxygen atoms in total. The highest BCUT2D eigenvalue weighted by Crippen LogP contribution is 2.34. The van der Waals surface area contributed by atoms with Crippen LogP contribution >= 0.6 is 0 Å². The van der Waals surface area contributed by atoms with Crippen LogP contribution in [0.25, 0.3) is 10.9 Å². The van der Waals surface area contributed by atoms with E-state index in [1.54, 1.807) is 24.9 Å². The van der Waals surface area contributed by atoms with Gasteiger partial charge in [0.05, 0.1) is 34.1 Å². The molecule has 108 valence electrons. The summed E-state index contributed by atoms with van der Waals surface area (Å²) in [5.74, 6) is -1.02. The molecule has 0 N–H and O–H groups in total. The molecule has 0 amide bonds. The molecule has 0 spiro atoms. The Morgan fingerprint density at radius 1 is 1.62 bits per heavy atom. The van der Waals surface area contributed by atoms with Gasteiger partial charge in [-0.15, -0.1) is 0 Å². The Morgan fingerprint density at radius 2 is 2.33 bits per heavy atom. The van der Waals surface area contributed by atoms with Gasteiger partial charge in [-0.05, 0) is 19.1 Å². The van der Waals surface area contributed by atoms with Gasteiger partial charge in [-0.25, -0.2) is 4.39 Å². The van der Waals surface area contributed by atoms with Crippen LogP contribution in [0.2, 0.25) is 0 Å². The number of hydrogen-bond acceptors (Lipinski definition) is 5. The molecule has 7 heteroatoms. The zero-order chi connectivity index (χ0) is 15.6. The van der Waals surface area contributed by atoms with E-state index in [2.05, 4.69) is 11.1 Å². The van der Waals surface area contributed by atoms with Gasteiger partial charge in [0, 0.05) is 19.8 Å². The molecule has 0 radical (unpaired) electrons. The van der Waals surface area contributed by atoms with E-state index in [1.807, 2.05) is 0 Å². The second-order valence-corrected chi connectivity index (χ2v) is 4.79. The van der Waals surface area contributed by atoms with Crippen molar-refractivity contribution in [2.75, 3.05) is 18.5 Å². The van der Waals surface area contributed by atoms with Gasteiger partial charge >= 0.3 is 0 Å². The van der Waals surface area contributed by atoms with Crippen LogP contribution in [-0.2, 0) is 0 Å². The highest BCUT2D eigenvalue weighted by molar-refractivity contribution is 5.97. The van der Waals surface area contributed by atoms with Gasteiger partial charge in [-0.1, -0.05) is 0 Å². The highest BCUT2D eigenvalue weighted by atomic mass is 19.1. The molecule has 0 aliphatic carbocycles. The zero-order valence-electron chi connectivity index (χ0n) is 11.6. The fourth-order valence-electron chi connectivity index (χ4n) is 2.24. The van der Waals surface area contributed by atoms with Crippen molar-refractivity contribution in [2.24, 2.45) is 5.92 Å². The molecule has 2 aromatic rings. The maximum absolute atomic E-state index is 14.3. The number of nitro benzene ring substituents is 1. The van der Waals surface area contributed by atoms with Crippen molar-refractivity contribution in [1.29, 1.82) is 5.26 Å². The van der Waals surface area contributed by atoms with E-state index in [0.29, 0.717) is 6.54 Å². The Bertz CT molecular complexity index is 742. The molecule has 0 saturated carbocycles. The number of aromatic nitrogens is 1. The van der Waals surface area contributed by atoms with Crippen molar-refractivity contribution in [3.05, 3.63) is 40.3 Å². The summed E-state index contributed by atoms with van der Waals surface area (Å²) in [6.45, 7) is 2.02. The number of hydrogen-bond donors (Lipinski definition) is 0. The largest absolute Gasteiger partial charge is 0.369 e. The summed E-state index contributed by atoms with van der Waals surface area (Å²) in [7, 11) is 1.63. The van der Waals surface area contributed by atoms with Crippen LogP contribution in [0.1, 0.15) is 6.92 Å². The molecule has 0 aliphatic rings. The molecule has 0 saturated heterocycles. The third kappa shape index (κ3) is 2.74. The summed E-state index contributed by atoms with van der Waals surface area (Å²) in [6, 6.07) is 6.06. The minimum absolute atomic E-state index is 0.165. The number of pyridine rings is 1. The number of non-ortho nitro benzene ring substituents is 1. The van der Waals surface area contributed by atoms with Gasteiger partial charge in [-0.3, -0.25) is 15.1 Å². The van der Waals surface area contributed by atoms with E-state index in [9.17, 15) is 14.5 Å². The SMILES string of the molecule is CC(C#N)CN(C)c1c(F)cc([N+](=O)[O-])c2cccnc12. The topological polar surface area (TPSA) is 83.1 Å². The first-order valence-electron chi connectivity index (χ1n) is 6.28. The Hall–Kier alpha value is -2.75. The summed E-state index contributed by atoms with van der Waals surface area (Å²) in [5.41, 5.74) is 0.0659. The minimum Gasteiger partial charge on any atom is -0.369 e. The fraction of sp³-hybridized carbons (Fsp3) is 0.286. The van der Waals surface area contributed by atoms with Gasteiger partial charge in [0.15, 0.2) is 5.82 Å². The van der Waals surface area contributed by atoms with Crippen molar-refractivity contribution in [2.45, 2.75) is 6.92 Å². The predicted octanol–water partition coefficient (Wildman–Crippen LogP) is 2.88. The normalized spacial score (nSPS) is 11.9. The third-order valence-corrected chi connectivity index (χ3v) is 3.14. The van der Waals surface area contributed by atoms with Gasteiger partial charge in [-0.2, -0.15) is 5.26 Å². The van der Waals surface area contributed by atoms with E-state index in [0.717, 1.165) is 6.07 Å². The fourth-order valence-corrected chi connectivity index (χ4v) is 2.24. The average molecular weight is 288 g/mol. The summed E-state index contributed by atoms with van der Waals surface area (Å²) in [6.07, 6.45) is 1.45. The van der Waals surface area contributed by atoms with E-state index in [-0.39, 0.29) is 28.2 Å². The lowest BCUT2D eigenvalue weighted by Crippen LogP contribution is -2.24. The Morgan fingerprint density at radius 3 is 2.95 bits per heavy atom. The zero-order valence-corrected chi connectivity index (χ0v) is 11.6. The first-order valence-corrected chi connectivity index (χ1v) is 6.28. The van der Waals surface area contributed by atoms with Crippen LogP contribution in [-0.4, -0.2) is 23.5 Å². The Kier molecular flexibility index (Phi) is 3.98. The molecule has 2 rings (SSSR count). The molecular weight excluding hydrogens is 275 g/mol. The smallest absolute Gasteiger partial charge is 0.281 e. The first-order chi connectivity index (χ1) is 9.95. The van der Waals surface area contributed by atoms with E-state index >= 15 is 0 Å². The summed E-state index contributed by atoms with van der Waals surface area (Å²) in [4.78, 5) is 16.0. The summed E-state index contributed by atoms with van der Waals surface area (Å²) in [5, 5.41) is 20.2. The third-order valence-electron chi connectivity index (χ3n) is 3.14. The molecule has 1 aromatic heterocycles. The predicted molar refractivity (Wildman–Crippen MR) is 76.4 cm³/mol. The van der Waals surface area contributed by atoms with Crippen molar-refractivity contribution in [3.63, 3.8) is 0 Å². The molecule has 0 fully saturated rings. The molecule has 0 bridgehead atoms. The number of nitriles is 1. The molecule has 1 unspecified atom stereocenters. The number of rotatable bonds is 4. The maximum atomic E-state index is 14.3. The lowest BCUT2D eigenvalue weighted by atomic mass is 10.1. The molecule has 1 heterocycles. The average Bonchev–Trinajstić information content (AvgIpc) is 2.45. The van der Waals surface area contributed by atoms with E-state index in [4.69, 9.17) is 5.26 Å². The number of benzene rings is 1.